The van der Waals surface area contributed by atoms with Crippen LogP contribution in [0, 0.1) is 0 Å². The Labute approximate surface area is 180 Å². The Morgan fingerprint density at radius 3 is 2.33 bits per heavy atom. The van der Waals surface area contributed by atoms with Crippen LogP contribution in [0.25, 0.3) is 0 Å². The number of aliphatic hydroxyl groups is 1. The molecule has 0 bridgehead atoms. The summed E-state index contributed by atoms with van der Waals surface area (Å²) in [5, 5.41) is 11.7. The predicted octanol–water partition coefficient (Wildman–Crippen LogP) is 4.71. The van der Waals surface area contributed by atoms with Crippen LogP contribution in [0.15, 0.2) is 48.5 Å². The van der Waals surface area contributed by atoms with Gasteiger partial charge in [-0.2, -0.15) is 0 Å². The number of benzene rings is 2. The summed E-state index contributed by atoms with van der Waals surface area (Å²) in [5.41, 5.74) is 1.23. The summed E-state index contributed by atoms with van der Waals surface area (Å²) < 4.78 is 17.0. The monoisotopic (exact) mass is 431 g/mol. The van der Waals surface area contributed by atoms with Crippen molar-refractivity contribution in [1.29, 1.82) is 0 Å². The number of aliphatic hydroxyl groups excluding tert-OH is 1. The van der Waals surface area contributed by atoms with Crippen LogP contribution in [0.5, 0.6) is 11.5 Å². The van der Waals surface area contributed by atoms with Crippen molar-refractivity contribution >= 4 is 19.9 Å². The topological polar surface area (TPSA) is 77.0 Å². The fraction of sp³-hybridized carbons (Fsp3) is 0.435. The van der Waals surface area contributed by atoms with Gasteiger partial charge in [0.1, 0.15) is 18.1 Å². The molecule has 164 valence electrons. The van der Waals surface area contributed by atoms with Gasteiger partial charge in [-0.15, -0.1) is 0 Å². The quantitative estimate of drug-likeness (QED) is 0.421. The normalized spacial score (nSPS) is 11.8. The molecule has 2 N–H and O–H groups in total. The first-order chi connectivity index (χ1) is 14.1. The van der Waals surface area contributed by atoms with Crippen molar-refractivity contribution in [3.8, 4) is 11.5 Å². The van der Waals surface area contributed by atoms with Gasteiger partial charge in [0.2, 0.25) is 8.32 Å². The van der Waals surface area contributed by atoms with E-state index in [9.17, 15) is 4.79 Å². The molecule has 30 heavy (non-hydrogen) atoms. The van der Waals surface area contributed by atoms with E-state index in [1.165, 1.54) is 0 Å². The van der Waals surface area contributed by atoms with Gasteiger partial charge in [-0.3, -0.25) is 4.79 Å². The zero-order valence-corrected chi connectivity index (χ0v) is 19.5. The molecule has 0 saturated carbocycles. The number of ether oxygens (including phenoxy) is 2. The van der Waals surface area contributed by atoms with Gasteiger partial charge in [0.05, 0.1) is 19.8 Å². The number of hydrogen-bond donors (Lipinski definition) is 2. The number of carbonyl (C=O) groups is 1. The second-order valence-corrected chi connectivity index (χ2v) is 13.3. The summed E-state index contributed by atoms with van der Waals surface area (Å²) in [7, 11) is -1.95. The SMILES string of the molecule is CC(C)(C)[Si](C)(C)Oc1cccc(NC(=O)c2ccc(OCCOCCO)cc2)c1. The third kappa shape index (κ3) is 7.16. The Kier molecular flexibility index (Phi) is 8.46. The number of anilines is 1. The van der Waals surface area contributed by atoms with E-state index in [2.05, 4.69) is 39.2 Å². The minimum absolute atomic E-state index is 0.00483. The zero-order valence-electron chi connectivity index (χ0n) is 18.5. The van der Waals surface area contributed by atoms with Gasteiger partial charge in [-0.25, -0.2) is 0 Å². The average molecular weight is 432 g/mol. The van der Waals surface area contributed by atoms with Gasteiger partial charge in [0.15, 0.2) is 0 Å². The molecule has 2 aromatic carbocycles. The van der Waals surface area contributed by atoms with Crippen molar-refractivity contribution in [1.82, 2.24) is 0 Å². The van der Waals surface area contributed by atoms with Crippen molar-refractivity contribution in [3.05, 3.63) is 54.1 Å². The van der Waals surface area contributed by atoms with Crippen molar-refractivity contribution in [2.75, 3.05) is 31.7 Å². The van der Waals surface area contributed by atoms with Gasteiger partial charge in [0.25, 0.3) is 5.91 Å². The molecular weight excluding hydrogens is 398 g/mol. The Morgan fingerprint density at radius 2 is 1.70 bits per heavy atom. The smallest absolute Gasteiger partial charge is 0.255 e. The molecule has 0 atom stereocenters. The Balaban J connectivity index is 1.94. The highest BCUT2D eigenvalue weighted by molar-refractivity contribution is 6.74. The molecule has 2 rings (SSSR count). The summed E-state index contributed by atoms with van der Waals surface area (Å²) in [5.74, 6) is 1.23. The molecule has 0 spiro atoms. The lowest BCUT2D eigenvalue weighted by Crippen LogP contribution is -2.43. The second-order valence-electron chi connectivity index (χ2n) is 8.55. The van der Waals surface area contributed by atoms with E-state index >= 15 is 0 Å². The van der Waals surface area contributed by atoms with Crippen molar-refractivity contribution in [3.63, 3.8) is 0 Å². The van der Waals surface area contributed by atoms with E-state index in [-0.39, 0.29) is 17.6 Å². The summed E-state index contributed by atoms with van der Waals surface area (Å²) in [4.78, 5) is 12.6. The minimum atomic E-state index is -1.95. The largest absolute Gasteiger partial charge is 0.543 e. The summed E-state index contributed by atoms with van der Waals surface area (Å²) >= 11 is 0. The molecule has 0 radical (unpaired) electrons. The van der Waals surface area contributed by atoms with Gasteiger partial charge in [-0.1, -0.05) is 26.8 Å². The third-order valence-electron chi connectivity index (χ3n) is 5.12. The molecule has 7 heteroatoms. The highest BCUT2D eigenvalue weighted by atomic mass is 28.4. The Hall–Kier alpha value is -2.35. The number of hydrogen-bond acceptors (Lipinski definition) is 5. The van der Waals surface area contributed by atoms with Crippen LogP contribution in [0.2, 0.25) is 18.1 Å². The third-order valence-corrected chi connectivity index (χ3v) is 9.48. The fourth-order valence-electron chi connectivity index (χ4n) is 2.38. The lowest BCUT2D eigenvalue weighted by atomic mass is 10.2. The van der Waals surface area contributed by atoms with E-state index in [0.717, 1.165) is 5.75 Å². The molecule has 0 aromatic heterocycles. The molecule has 0 fully saturated rings. The molecule has 0 aliphatic heterocycles. The van der Waals surface area contributed by atoms with Gasteiger partial charge in [0, 0.05) is 17.3 Å². The standard InChI is InChI=1S/C23H33NO5Si/c1-23(2,3)30(4,5)29-21-8-6-7-19(17-21)24-22(26)18-9-11-20(12-10-18)28-16-15-27-14-13-25/h6-12,17,25H,13-16H2,1-5H3,(H,24,26). The molecule has 0 unspecified atom stereocenters. The molecule has 0 aliphatic rings. The van der Waals surface area contributed by atoms with E-state index in [0.29, 0.717) is 36.8 Å². The molecule has 1 amide bonds. The molecule has 0 saturated heterocycles. The lowest BCUT2D eigenvalue weighted by Gasteiger charge is -2.36. The molecule has 0 heterocycles. The van der Waals surface area contributed by atoms with E-state index < -0.39 is 8.32 Å². The van der Waals surface area contributed by atoms with E-state index in [1.54, 1.807) is 24.3 Å². The van der Waals surface area contributed by atoms with Gasteiger partial charge >= 0.3 is 0 Å². The average Bonchev–Trinajstić information content (AvgIpc) is 2.67. The molecule has 6 nitrogen and oxygen atoms in total. The highest BCUT2D eigenvalue weighted by Gasteiger charge is 2.38. The van der Waals surface area contributed by atoms with Crippen LogP contribution < -0.4 is 14.5 Å². The van der Waals surface area contributed by atoms with Crippen LogP contribution in [0.3, 0.4) is 0 Å². The minimum Gasteiger partial charge on any atom is -0.543 e. The first-order valence-corrected chi connectivity index (χ1v) is 13.0. The van der Waals surface area contributed by atoms with E-state index in [4.69, 9.17) is 19.0 Å². The Morgan fingerprint density at radius 1 is 1.00 bits per heavy atom. The Bertz CT molecular complexity index is 815. The highest BCUT2D eigenvalue weighted by Crippen LogP contribution is 2.37. The van der Waals surface area contributed by atoms with Crippen LogP contribution in [-0.4, -0.2) is 45.8 Å². The van der Waals surface area contributed by atoms with Crippen molar-refractivity contribution in [2.24, 2.45) is 0 Å². The number of carbonyl (C=O) groups excluding carboxylic acids is 1. The van der Waals surface area contributed by atoms with Crippen LogP contribution >= 0.6 is 0 Å². The van der Waals surface area contributed by atoms with Crippen LogP contribution in [0.4, 0.5) is 5.69 Å². The van der Waals surface area contributed by atoms with E-state index in [1.807, 2.05) is 24.3 Å². The molecule has 0 aliphatic carbocycles. The molecule has 2 aromatic rings. The predicted molar refractivity (Wildman–Crippen MR) is 122 cm³/mol. The first-order valence-electron chi connectivity index (χ1n) is 10.1. The number of amides is 1. The van der Waals surface area contributed by atoms with Gasteiger partial charge in [-0.05, 0) is 54.5 Å². The summed E-state index contributed by atoms with van der Waals surface area (Å²) in [6, 6.07) is 14.4. The molecular formula is C23H33NO5Si. The van der Waals surface area contributed by atoms with Crippen molar-refractivity contribution in [2.45, 2.75) is 38.9 Å². The summed E-state index contributed by atoms with van der Waals surface area (Å²) in [6.07, 6.45) is 0. The lowest BCUT2D eigenvalue weighted by molar-refractivity contribution is 0.0705. The van der Waals surface area contributed by atoms with Gasteiger partial charge < -0.3 is 24.3 Å². The fourth-order valence-corrected chi connectivity index (χ4v) is 3.40. The van der Waals surface area contributed by atoms with Crippen LogP contribution in [0.1, 0.15) is 31.1 Å². The van der Waals surface area contributed by atoms with Crippen molar-refractivity contribution < 1.29 is 23.8 Å². The maximum Gasteiger partial charge on any atom is 0.255 e. The first kappa shape index (κ1) is 23.9. The second kappa shape index (κ2) is 10.6. The summed E-state index contributed by atoms with van der Waals surface area (Å²) in [6.45, 7) is 12.0. The van der Waals surface area contributed by atoms with Crippen LogP contribution in [-0.2, 0) is 4.74 Å². The zero-order chi connectivity index (χ0) is 22.2. The number of rotatable bonds is 10. The number of nitrogens with one attached hydrogen (secondary N) is 1. The maximum absolute atomic E-state index is 12.6. The maximum atomic E-state index is 12.6.